The molecule has 1 aromatic carbocycles. The number of carbonyl (C=O) groups excluding carboxylic acids is 1. The summed E-state index contributed by atoms with van der Waals surface area (Å²) in [6.07, 6.45) is 0. The van der Waals surface area contributed by atoms with Gasteiger partial charge in [0.2, 0.25) is 5.91 Å². The fourth-order valence-corrected chi connectivity index (χ4v) is 1.88. The summed E-state index contributed by atoms with van der Waals surface area (Å²) >= 11 is 5.82. The van der Waals surface area contributed by atoms with E-state index >= 15 is 0 Å². The maximum Gasteiger partial charge on any atom is 0.238 e. The van der Waals surface area contributed by atoms with Crippen LogP contribution in [-0.2, 0) is 4.79 Å². The number of benzene rings is 1. The molecule has 0 heterocycles. The Morgan fingerprint density at radius 2 is 2.30 bits per heavy atom. The quantitative estimate of drug-likeness (QED) is 0.789. The fraction of sp³-hybridized carbons (Fsp3) is 0.429. The molecule has 0 spiro atoms. The van der Waals surface area contributed by atoms with Gasteiger partial charge >= 0.3 is 0 Å². The summed E-state index contributed by atoms with van der Waals surface area (Å²) in [6.45, 7) is 5.31. The predicted octanol–water partition coefficient (Wildman–Crippen LogP) is 2.34. The van der Waals surface area contributed by atoms with Gasteiger partial charge in [0, 0.05) is 12.2 Å². The Bertz CT molecular complexity index is 512. The molecule has 0 aliphatic rings. The van der Waals surface area contributed by atoms with E-state index in [9.17, 15) is 4.79 Å². The summed E-state index contributed by atoms with van der Waals surface area (Å²) in [5, 5.41) is 12.0. The average Bonchev–Trinajstić information content (AvgIpc) is 2.41. The molecule has 0 bridgehead atoms. The second kappa shape index (κ2) is 7.73. The van der Waals surface area contributed by atoms with Crippen LogP contribution < -0.4 is 11.1 Å². The van der Waals surface area contributed by atoms with E-state index in [-0.39, 0.29) is 18.4 Å². The second-order valence-corrected chi connectivity index (χ2v) is 5.05. The summed E-state index contributed by atoms with van der Waals surface area (Å²) < 4.78 is 0. The van der Waals surface area contributed by atoms with Crippen molar-refractivity contribution >= 4 is 28.9 Å². The first-order chi connectivity index (χ1) is 9.46. The lowest BCUT2D eigenvalue weighted by molar-refractivity contribution is -0.117. The van der Waals surface area contributed by atoms with E-state index in [4.69, 9.17) is 22.6 Å². The van der Waals surface area contributed by atoms with E-state index in [2.05, 4.69) is 11.4 Å². The lowest BCUT2D eigenvalue weighted by Crippen LogP contribution is -2.35. The predicted molar refractivity (Wildman–Crippen MR) is 81.4 cm³/mol. The average molecular weight is 295 g/mol. The summed E-state index contributed by atoms with van der Waals surface area (Å²) in [4.78, 5) is 13.9. The summed E-state index contributed by atoms with van der Waals surface area (Å²) in [7, 11) is 0. The van der Waals surface area contributed by atoms with E-state index in [0.717, 1.165) is 0 Å². The first-order valence-corrected chi connectivity index (χ1v) is 6.81. The maximum atomic E-state index is 11.9. The van der Waals surface area contributed by atoms with Crippen molar-refractivity contribution < 1.29 is 4.79 Å². The molecule has 1 amide bonds. The van der Waals surface area contributed by atoms with Gasteiger partial charge in [-0.05, 0) is 31.7 Å². The van der Waals surface area contributed by atoms with Gasteiger partial charge in [-0.25, -0.2) is 0 Å². The third-order valence-corrected chi connectivity index (χ3v) is 3.19. The third-order valence-electron chi connectivity index (χ3n) is 2.85. The minimum atomic E-state index is -0.140. The SMILES string of the molecule is CCN(CC(=O)Nc1ccc(Cl)c(N)c1)CC(C)C#N. The van der Waals surface area contributed by atoms with E-state index in [1.54, 1.807) is 18.2 Å². The van der Waals surface area contributed by atoms with Crippen LogP contribution in [0.25, 0.3) is 0 Å². The molecule has 0 aliphatic heterocycles. The van der Waals surface area contributed by atoms with Crippen LogP contribution in [0.2, 0.25) is 5.02 Å². The zero-order valence-corrected chi connectivity index (χ0v) is 12.4. The molecule has 0 aliphatic carbocycles. The van der Waals surface area contributed by atoms with Crippen LogP contribution in [0.4, 0.5) is 11.4 Å². The highest BCUT2D eigenvalue weighted by atomic mass is 35.5. The number of hydrogen-bond donors (Lipinski definition) is 2. The van der Waals surface area contributed by atoms with Crippen molar-refractivity contribution in [1.82, 2.24) is 4.90 Å². The van der Waals surface area contributed by atoms with Gasteiger partial charge in [-0.2, -0.15) is 5.26 Å². The molecule has 108 valence electrons. The lowest BCUT2D eigenvalue weighted by Gasteiger charge is -2.20. The highest BCUT2D eigenvalue weighted by molar-refractivity contribution is 6.33. The second-order valence-electron chi connectivity index (χ2n) is 4.64. The van der Waals surface area contributed by atoms with Crippen molar-refractivity contribution in [1.29, 1.82) is 5.26 Å². The van der Waals surface area contributed by atoms with Crippen molar-refractivity contribution in [2.75, 3.05) is 30.7 Å². The topological polar surface area (TPSA) is 82.2 Å². The third kappa shape index (κ3) is 5.08. The molecule has 0 fully saturated rings. The molecule has 1 unspecified atom stereocenters. The monoisotopic (exact) mass is 294 g/mol. The summed E-state index contributed by atoms with van der Waals surface area (Å²) in [6, 6.07) is 7.12. The number of rotatable bonds is 6. The van der Waals surface area contributed by atoms with Crippen molar-refractivity contribution in [2.24, 2.45) is 5.92 Å². The Labute approximate surface area is 124 Å². The van der Waals surface area contributed by atoms with Gasteiger partial charge in [-0.1, -0.05) is 18.5 Å². The van der Waals surface area contributed by atoms with Crippen LogP contribution in [0, 0.1) is 17.2 Å². The molecule has 0 saturated carbocycles. The zero-order chi connectivity index (χ0) is 15.1. The normalized spacial score (nSPS) is 11.9. The van der Waals surface area contributed by atoms with Crippen LogP contribution in [0.5, 0.6) is 0 Å². The van der Waals surface area contributed by atoms with E-state index < -0.39 is 0 Å². The van der Waals surface area contributed by atoms with Crippen molar-refractivity contribution in [2.45, 2.75) is 13.8 Å². The fourth-order valence-electron chi connectivity index (χ4n) is 1.76. The molecule has 3 N–H and O–H groups in total. The Kier molecular flexibility index (Phi) is 6.29. The molecule has 0 radical (unpaired) electrons. The highest BCUT2D eigenvalue weighted by Gasteiger charge is 2.12. The smallest absolute Gasteiger partial charge is 0.238 e. The van der Waals surface area contributed by atoms with Gasteiger partial charge < -0.3 is 11.1 Å². The zero-order valence-electron chi connectivity index (χ0n) is 11.7. The van der Waals surface area contributed by atoms with Crippen molar-refractivity contribution in [3.8, 4) is 6.07 Å². The molecule has 6 heteroatoms. The van der Waals surface area contributed by atoms with Gasteiger partial charge in [0.15, 0.2) is 0 Å². The summed E-state index contributed by atoms with van der Waals surface area (Å²) in [5.74, 6) is -0.243. The van der Waals surface area contributed by atoms with Gasteiger partial charge in [0.05, 0.1) is 29.2 Å². The van der Waals surface area contributed by atoms with E-state index in [1.165, 1.54) is 0 Å². The number of halogens is 1. The molecule has 5 nitrogen and oxygen atoms in total. The van der Waals surface area contributed by atoms with Gasteiger partial charge in [0.25, 0.3) is 0 Å². The molecule has 1 aromatic rings. The van der Waals surface area contributed by atoms with Gasteiger partial charge in [0.1, 0.15) is 0 Å². The molecular formula is C14H19ClN4O. The number of nitrogens with zero attached hydrogens (tertiary/aromatic N) is 2. The number of nitrogens with two attached hydrogens (primary N) is 1. The molecule has 1 rings (SSSR count). The Morgan fingerprint density at radius 3 is 2.85 bits per heavy atom. The Morgan fingerprint density at radius 1 is 1.60 bits per heavy atom. The molecule has 0 saturated heterocycles. The van der Waals surface area contributed by atoms with Crippen LogP contribution in [0.15, 0.2) is 18.2 Å². The Hall–Kier alpha value is -1.77. The van der Waals surface area contributed by atoms with Crippen LogP contribution in [0.3, 0.4) is 0 Å². The number of nitrogens with one attached hydrogen (secondary N) is 1. The molecule has 20 heavy (non-hydrogen) atoms. The number of amides is 1. The molecular weight excluding hydrogens is 276 g/mol. The summed E-state index contributed by atoms with van der Waals surface area (Å²) in [5.41, 5.74) is 6.72. The number of hydrogen-bond acceptors (Lipinski definition) is 4. The number of carbonyl (C=O) groups is 1. The van der Waals surface area contributed by atoms with Crippen LogP contribution in [0.1, 0.15) is 13.8 Å². The van der Waals surface area contributed by atoms with E-state index in [1.807, 2.05) is 18.7 Å². The lowest BCUT2D eigenvalue weighted by atomic mass is 10.2. The number of nitriles is 1. The molecule has 0 aromatic heterocycles. The van der Waals surface area contributed by atoms with Crippen LogP contribution in [-0.4, -0.2) is 30.4 Å². The highest BCUT2D eigenvalue weighted by Crippen LogP contribution is 2.22. The Balaban J connectivity index is 2.57. The molecule has 1 atom stereocenters. The van der Waals surface area contributed by atoms with Crippen LogP contribution >= 0.6 is 11.6 Å². The number of anilines is 2. The first kappa shape index (κ1) is 16.3. The first-order valence-electron chi connectivity index (χ1n) is 6.43. The van der Waals surface area contributed by atoms with Gasteiger partial charge in [-0.3, -0.25) is 9.69 Å². The van der Waals surface area contributed by atoms with E-state index in [0.29, 0.717) is 29.5 Å². The van der Waals surface area contributed by atoms with Gasteiger partial charge in [-0.15, -0.1) is 0 Å². The minimum absolute atomic E-state index is 0.103. The standard InChI is InChI=1S/C14H19ClN4O/c1-3-19(8-10(2)7-16)9-14(20)18-11-4-5-12(15)13(17)6-11/h4-6,10H,3,8-9,17H2,1-2H3,(H,18,20). The maximum absolute atomic E-state index is 11.9. The largest absolute Gasteiger partial charge is 0.397 e. The number of likely N-dealkylation sites (N-methyl/N-ethyl adjacent to an activating group) is 1. The van der Waals surface area contributed by atoms with Crippen molar-refractivity contribution in [3.63, 3.8) is 0 Å². The van der Waals surface area contributed by atoms with Crippen molar-refractivity contribution in [3.05, 3.63) is 23.2 Å². The number of nitrogen functional groups attached to an aromatic ring is 1. The minimum Gasteiger partial charge on any atom is -0.397 e.